The van der Waals surface area contributed by atoms with E-state index in [-0.39, 0.29) is 5.56 Å². The molecule has 0 aliphatic rings. The summed E-state index contributed by atoms with van der Waals surface area (Å²) in [6, 6.07) is 0.376. The van der Waals surface area contributed by atoms with Crippen LogP contribution in [0.1, 0.15) is 23.0 Å². The van der Waals surface area contributed by atoms with Gasteiger partial charge in [0.25, 0.3) is 0 Å². The maximum atomic E-state index is 11.0. The van der Waals surface area contributed by atoms with Gasteiger partial charge >= 0.3 is 5.97 Å². The van der Waals surface area contributed by atoms with Crippen molar-refractivity contribution >= 4 is 17.7 Å². The lowest BCUT2D eigenvalue weighted by Gasteiger charge is -2.23. The predicted octanol–water partition coefficient (Wildman–Crippen LogP) is 1.36. The molecule has 0 saturated heterocycles. The van der Waals surface area contributed by atoms with Gasteiger partial charge in [0.1, 0.15) is 11.9 Å². The highest BCUT2D eigenvalue weighted by atomic mass is 32.2. The number of aromatic nitrogens is 2. The van der Waals surface area contributed by atoms with E-state index in [1.54, 1.807) is 11.8 Å². The van der Waals surface area contributed by atoms with Gasteiger partial charge < -0.3 is 5.11 Å². The summed E-state index contributed by atoms with van der Waals surface area (Å²) in [7, 11) is 1.97. The Bertz CT molecular complexity index is 387. The van der Waals surface area contributed by atoms with Gasteiger partial charge in [-0.1, -0.05) is 0 Å². The average molecular weight is 255 g/mol. The molecule has 1 rings (SSSR count). The van der Waals surface area contributed by atoms with Gasteiger partial charge in [-0.15, -0.1) is 0 Å². The van der Waals surface area contributed by atoms with Gasteiger partial charge in [0.05, 0.1) is 5.69 Å². The molecule has 6 heteroatoms. The number of carboxylic acids is 1. The van der Waals surface area contributed by atoms with E-state index < -0.39 is 5.97 Å². The van der Waals surface area contributed by atoms with Crippen LogP contribution in [0.5, 0.6) is 0 Å². The molecule has 0 aromatic carbocycles. The van der Waals surface area contributed by atoms with Crippen LogP contribution in [0.4, 0.5) is 0 Å². The summed E-state index contributed by atoms with van der Waals surface area (Å²) in [6.07, 6.45) is 4.78. The average Bonchev–Trinajstić information content (AvgIpc) is 2.29. The normalized spacial score (nSPS) is 12.7. The Labute approximate surface area is 105 Å². The van der Waals surface area contributed by atoms with Crippen LogP contribution in [0.2, 0.25) is 0 Å². The molecule has 0 aliphatic carbocycles. The second-order valence-corrected chi connectivity index (χ2v) is 4.82. The predicted molar refractivity (Wildman–Crippen MR) is 68.3 cm³/mol. The van der Waals surface area contributed by atoms with Crippen LogP contribution >= 0.6 is 11.8 Å². The molecule has 0 bridgehead atoms. The van der Waals surface area contributed by atoms with Crippen molar-refractivity contribution in [1.82, 2.24) is 14.9 Å². The zero-order valence-corrected chi connectivity index (χ0v) is 11.1. The Kier molecular flexibility index (Phi) is 5.37. The number of hydrogen-bond acceptors (Lipinski definition) is 5. The van der Waals surface area contributed by atoms with Crippen molar-refractivity contribution in [2.45, 2.75) is 19.5 Å². The number of aromatic carboxylic acids is 1. The Hall–Kier alpha value is -1.14. The Morgan fingerprint density at radius 1 is 1.65 bits per heavy atom. The third-order valence-corrected chi connectivity index (χ3v) is 3.40. The van der Waals surface area contributed by atoms with E-state index in [9.17, 15) is 4.79 Å². The first-order valence-corrected chi connectivity index (χ1v) is 6.67. The van der Waals surface area contributed by atoms with E-state index in [2.05, 4.69) is 28.0 Å². The molecule has 1 atom stereocenters. The summed E-state index contributed by atoms with van der Waals surface area (Å²) in [6.45, 7) is 2.63. The van der Waals surface area contributed by atoms with Gasteiger partial charge in [-0.3, -0.25) is 4.90 Å². The molecule has 1 aromatic rings. The quantitative estimate of drug-likeness (QED) is 0.828. The Balaban J connectivity index is 2.77. The minimum atomic E-state index is -0.980. The van der Waals surface area contributed by atoms with E-state index in [1.807, 2.05) is 7.05 Å². The lowest BCUT2D eigenvalue weighted by molar-refractivity contribution is 0.0693. The number of carboxylic acid groups (broad SMARTS) is 1. The van der Waals surface area contributed by atoms with Crippen LogP contribution in [0.3, 0.4) is 0 Å². The van der Waals surface area contributed by atoms with Crippen molar-refractivity contribution in [2.24, 2.45) is 0 Å². The summed E-state index contributed by atoms with van der Waals surface area (Å²) >= 11 is 1.77. The third-order valence-electron chi connectivity index (χ3n) is 2.58. The van der Waals surface area contributed by atoms with Gasteiger partial charge in [-0.25, -0.2) is 14.8 Å². The SMILES string of the molecule is CSCC(C)N(C)Cc1ncncc1C(=O)O. The van der Waals surface area contributed by atoms with Crippen molar-refractivity contribution in [3.05, 3.63) is 23.8 Å². The van der Waals surface area contributed by atoms with Gasteiger partial charge in [0, 0.05) is 24.5 Å². The maximum absolute atomic E-state index is 11.0. The van der Waals surface area contributed by atoms with Crippen LogP contribution in [-0.4, -0.2) is 51.0 Å². The smallest absolute Gasteiger partial charge is 0.339 e. The molecule has 94 valence electrons. The molecule has 0 saturated carbocycles. The van der Waals surface area contributed by atoms with Crippen molar-refractivity contribution < 1.29 is 9.90 Å². The molecule has 0 radical (unpaired) electrons. The van der Waals surface area contributed by atoms with Gasteiger partial charge in [0.15, 0.2) is 0 Å². The standard InChI is InChI=1S/C11H17N3O2S/c1-8(6-17-3)14(2)5-10-9(11(15)16)4-12-7-13-10/h4,7-8H,5-6H2,1-3H3,(H,15,16). The molecule has 1 N–H and O–H groups in total. The first kappa shape index (κ1) is 13.9. The number of carbonyl (C=O) groups is 1. The fourth-order valence-corrected chi connectivity index (χ4v) is 2.16. The number of hydrogen-bond donors (Lipinski definition) is 1. The lowest BCUT2D eigenvalue weighted by Crippen LogP contribution is -2.31. The Morgan fingerprint density at radius 3 is 2.94 bits per heavy atom. The van der Waals surface area contributed by atoms with Crippen LogP contribution in [0.25, 0.3) is 0 Å². The van der Waals surface area contributed by atoms with Crippen LogP contribution in [0.15, 0.2) is 12.5 Å². The molecule has 1 aromatic heterocycles. The molecule has 5 nitrogen and oxygen atoms in total. The largest absolute Gasteiger partial charge is 0.478 e. The molecule has 1 unspecified atom stereocenters. The topological polar surface area (TPSA) is 66.3 Å². The van der Waals surface area contributed by atoms with E-state index in [0.717, 1.165) is 5.75 Å². The number of rotatable bonds is 6. The highest BCUT2D eigenvalue weighted by Crippen LogP contribution is 2.10. The van der Waals surface area contributed by atoms with Gasteiger partial charge in [-0.05, 0) is 20.2 Å². The first-order chi connectivity index (χ1) is 8.06. The van der Waals surface area contributed by atoms with E-state index in [4.69, 9.17) is 5.11 Å². The highest BCUT2D eigenvalue weighted by Gasteiger charge is 2.15. The zero-order chi connectivity index (χ0) is 12.8. The van der Waals surface area contributed by atoms with Gasteiger partial charge in [-0.2, -0.15) is 11.8 Å². The van der Waals surface area contributed by atoms with E-state index in [0.29, 0.717) is 18.3 Å². The van der Waals surface area contributed by atoms with Gasteiger partial charge in [0.2, 0.25) is 0 Å². The maximum Gasteiger partial charge on any atom is 0.339 e. The van der Waals surface area contributed by atoms with Crippen LogP contribution < -0.4 is 0 Å². The summed E-state index contributed by atoms with van der Waals surface area (Å²) < 4.78 is 0. The minimum absolute atomic E-state index is 0.177. The molecule has 0 fully saturated rings. The zero-order valence-electron chi connectivity index (χ0n) is 10.3. The van der Waals surface area contributed by atoms with Crippen molar-refractivity contribution in [1.29, 1.82) is 0 Å². The minimum Gasteiger partial charge on any atom is -0.478 e. The fraction of sp³-hybridized carbons (Fsp3) is 0.545. The first-order valence-electron chi connectivity index (χ1n) is 5.27. The van der Waals surface area contributed by atoms with Crippen molar-refractivity contribution in [3.8, 4) is 0 Å². The molecular weight excluding hydrogens is 238 g/mol. The molecule has 17 heavy (non-hydrogen) atoms. The van der Waals surface area contributed by atoms with Crippen LogP contribution in [-0.2, 0) is 6.54 Å². The summed E-state index contributed by atoms with van der Waals surface area (Å²) in [5, 5.41) is 9.02. The second-order valence-electron chi connectivity index (χ2n) is 3.91. The summed E-state index contributed by atoms with van der Waals surface area (Å²) in [5.41, 5.74) is 0.735. The molecule has 0 amide bonds. The third kappa shape index (κ3) is 3.98. The van der Waals surface area contributed by atoms with E-state index >= 15 is 0 Å². The Morgan fingerprint density at radius 2 is 2.35 bits per heavy atom. The van der Waals surface area contributed by atoms with Crippen LogP contribution in [0, 0.1) is 0 Å². The van der Waals surface area contributed by atoms with E-state index in [1.165, 1.54) is 12.5 Å². The fourth-order valence-electron chi connectivity index (χ4n) is 1.42. The van der Waals surface area contributed by atoms with Crippen molar-refractivity contribution in [2.75, 3.05) is 19.1 Å². The number of thioether (sulfide) groups is 1. The molecular formula is C11H17N3O2S. The second kappa shape index (κ2) is 6.56. The summed E-state index contributed by atoms with van der Waals surface area (Å²) in [5.74, 6) is 0.0239. The lowest BCUT2D eigenvalue weighted by atomic mass is 10.2. The monoisotopic (exact) mass is 255 g/mol. The summed E-state index contributed by atoms with van der Waals surface area (Å²) in [4.78, 5) is 20.9. The molecule has 0 spiro atoms. The highest BCUT2D eigenvalue weighted by molar-refractivity contribution is 7.98. The molecule has 1 heterocycles. The van der Waals surface area contributed by atoms with Crippen molar-refractivity contribution in [3.63, 3.8) is 0 Å². The number of nitrogens with zero attached hydrogens (tertiary/aromatic N) is 3. The molecule has 0 aliphatic heterocycles.